The van der Waals surface area contributed by atoms with Crippen molar-refractivity contribution in [3.63, 3.8) is 0 Å². The summed E-state index contributed by atoms with van der Waals surface area (Å²) in [6.07, 6.45) is 0.336. The first-order valence-electron chi connectivity index (χ1n) is 9.98. The lowest BCUT2D eigenvalue weighted by Crippen LogP contribution is -2.40. The Morgan fingerprint density at radius 2 is 1.83 bits per heavy atom. The van der Waals surface area contributed by atoms with Gasteiger partial charge in [0.2, 0.25) is 0 Å². The Morgan fingerprint density at radius 1 is 1.10 bits per heavy atom. The summed E-state index contributed by atoms with van der Waals surface area (Å²) in [5, 5.41) is 0. The van der Waals surface area contributed by atoms with Crippen molar-refractivity contribution in [2.75, 3.05) is 39.4 Å². The largest absolute Gasteiger partial charge is 0.493 e. The molecule has 0 fully saturated rings. The number of ether oxygens (including phenoxy) is 4. The Bertz CT molecular complexity index is 912. The van der Waals surface area contributed by atoms with Crippen molar-refractivity contribution in [2.45, 2.75) is 32.8 Å². The van der Waals surface area contributed by atoms with Crippen molar-refractivity contribution in [1.29, 1.82) is 0 Å². The van der Waals surface area contributed by atoms with Gasteiger partial charge in [0.1, 0.15) is 5.60 Å². The lowest BCUT2D eigenvalue weighted by Gasteiger charge is -2.29. The van der Waals surface area contributed by atoms with Crippen molar-refractivity contribution in [3.8, 4) is 23.0 Å². The van der Waals surface area contributed by atoms with Crippen molar-refractivity contribution in [3.05, 3.63) is 42.0 Å². The second-order valence-electron chi connectivity index (χ2n) is 7.89. The molecule has 0 aliphatic carbocycles. The number of carbonyl (C=O) groups excluding carboxylic acids is 1. The topological polar surface area (TPSA) is 60.5 Å². The van der Waals surface area contributed by atoms with E-state index in [0.29, 0.717) is 36.2 Å². The van der Waals surface area contributed by atoms with E-state index < -0.39 is 6.09 Å². The second-order valence-corrected chi connectivity index (χ2v) is 7.89. The fraction of sp³-hybridized carbons (Fsp3) is 0.435. The molecule has 7 nitrogen and oxygen atoms in total. The maximum absolute atomic E-state index is 12.8. The van der Waals surface area contributed by atoms with Crippen LogP contribution in [0.5, 0.6) is 23.0 Å². The summed E-state index contributed by atoms with van der Waals surface area (Å²) in [5.74, 6) is 2.39. The zero-order valence-corrected chi connectivity index (χ0v) is 18.5. The van der Waals surface area contributed by atoms with Crippen molar-refractivity contribution in [2.24, 2.45) is 0 Å². The van der Waals surface area contributed by atoms with E-state index in [1.165, 1.54) is 4.90 Å². The molecule has 30 heavy (non-hydrogen) atoms. The van der Waals surface area contributed by atoms with Crippen LogP contribution >= 0.6 is 0 Å². The van der Waals surface area contributed by atoms with Crippen LogP contribution in [0.3, 0.4) is 0 Å². The number of nitrogens with zero attached hydrogens (tertiary/aromatic N) is 2. The zero-order chi connectivity index (χ0) is 21.9. The first kappa shape index (κ1) is 21.6. The van der Waals surface area contributed by atoms with Gasteiger partial charge in [0.15, 0.2) is 23.0 Å². The molecule has 0 unspecified atom stereocenters. The molecule has 0 aromatic heterocycles. The van der Waals surface area contributed by atoms with Gasteiger partial charge in [0.25, 0.3) is 0 Å². The molecule has 0 spiro atoms. The van der Waals surface area contributed by atoms with Crippen molar-refractivity contribution >= 4 is 11.8 Å². The van der Waals surface area contributed by atoms with E-state index in [9.17, 15) is 4.79 Å². The van der Waals surface area contributed by atoms with E-state index in [1.807, 2.05) is 56.0 Å². The molecule has 3 rings (SSSR count). The van der Waals surface area contributed by atoms with Crippen molar-refractivity contribution < 1.29 is 23.7 Å². The molecule has 0 saturated carbocycles. The molecule has 1 aliphatic heterocycles. The van der Waals surface area contributed by atoms with Crippen LogP contribution in [0.25, 0.3) is 0 Å². The molecule has 1 heterocycles. The minimum Gasteiger partial charge on any atom is -0.493 e. The summed E-state index contributed by atoms with van der Waals surface area (Å²) >= 11 is 0. The molecule has 1 amide bonds. The highest BCUT2D eigenvalue weighted by atomic mass is 16.6. The van der Waals surface area contributed by atoms with Gasteiger partial charge in [0.05, 0.1) is 20.9 Å². The molecule has 0 atom stereocenters. The third-order valence-electron chi connectivity index (χ3n) is 5.06. The predicted molar refractivity (Wildman–Crippen MR) is 116 cm³/mol. The lowest BCUT2D eigenvalue weighted by molar-refractivity contribution is 0.128. The Labute approximate surface area is 178 Å². The number of methoxy groups -OCH3 is 2. The van der Waals surface area contributed by atoms with Crippen LogP contribution in [-0.2, 0) is 6.42 Å². The van der Waals surface area contributed by atoms with Crippen LogP contribution in [-0.4, -0.2) is 51.1 Å². The number of fused-ring (bicyclic) bond motifs is 1. The van der Waals surface area contributed by atoms with Gasteiger partial charge in [-0.05, 0) is 39.0 Å². The van der Waals surface area contributed by atoms with Gasteiger partial charge < -0.3 is 23.8 Å². The van der Waals surface area contributed by atoms with Crippen LogP contribution in [0.1, 0.15) is 26.3 Å². The molecule has 0 N–H and O–H groups in total. The summed E-state index contributed by atoms with van der Waals surface area (Å²) in [6, 6.07) is 11.3. The van der Waals surface area contributed by atoms with Crippen LogP contribution in [0.2, 0.25) is 0 Å². The van der Waals surface area contributed by atoms with E-state index in [-0.39, 0.29) is 5.60 Å². The normalized spacial score (nSPS) is 13.8. The fourth-order valence-corrected chi connectivity index (χ4v) is 3.54. The molecule has 2 aromatic rings. The molecule has 0 radical (unpaired) electrons. The van der Waals surface area contributed by atoms with E-state index in [4.69, 9.17) is 18.9 Å². The molecule has 162 valence electrons. The van der Waals surface area contributed by atoms with Gasteiger partial charge in [-0.1, -0.05) is 12.1 Å². The molecule has 7 heteroatoms. The summed E-state index contributed by atoms with van der Waals surface area (Å²) in [4.78, 5) is 16.3. The molecule has 1 aliphatic rings. The summed E-state index contributed by atoms with van der Waals surface area (Å²) in [7, 11) is 4.91. The second kappa shape index (κ2) is 8.73. The summed E-state index contributed by atoms with van der Waals surface area (Å²) in [6.45, 7) is 7.12. The number of anilines is 1. The number of amides is 1. The Morgan fingerprint density at radius 3 is 2.50 bits per heavy atom. The van der Waals surface area contributed by atoms with Crippen LogP contribution in [0.15, 0.2) is 36.4 Å². The smallest absolute Gasteiger partial charge is 0.416 e. The number of hydrogen-bond donors (Lipinski definition) is 0. The third kappa shape index (κ3) is 4.56. The average molecular weight is 415 g/mol. The van der Waals surface area contributed by atoms with Gasteiger partial charge in [-0.25, -0.2) is 4.79 Å². The predicted octanol–water partition coefficient (Wildman–Crippen LogP) is 4.33. The maximum Gasteiger partial charge on any atom is 0.416 e. The minimum atomic E-state index is -0.448. The van der Waals surface area contributed by atoms with Crippen LogP contribution in [0, 0.1) is 0 Å². The van der Waals surface area contributed by atoms with E-state index in [0.717, 1.165) is 17.7 Å². The Hall–Kier alpha value is -3.09. The molecular weight excluding hydrogens is 384 g/mol. The third-order valence-corrected chi connectivity index (χ3v) is 5.06. The molecule has 0 bridgehead atoms. The number of carbonyl (C=O) groups is 1. The summed E-state index contributed by atoms with van der Waals surface area (Å²) < 4.78 is 22.4. The highest BCUT2D eigenvalue weighted by Crippen LogP contribution is 2.42. The first-order valence-corrected chi connectivity index (χ1v) is 9.98. The van der Waals surface area contributed by atoms with Crippen molar-refractivity contribution in [1.82, 2.24) is 4.90 Å². The lowest BCUT2D eigenvalue weighted by atomic mass is 10.0. The van der Waals surface area contributed by atoms with Gasteiger partial charge in [0, 0.05) is 37.3 Å². The molecule has 2 aromatic carbocycles. The van der Waals surface area contributed by atoms with Gasteiger partial charge >= 0.3 is 6.09 Å². The zero-order valence-electron chi connectivity index (χ0n) is 18.5. The fourth-order valence-electron chi connectivity index (χ4n) is 3.54. The summed E-state index contributed by atoms with van der Waals surface area (Å²) in [5.41, 5.74) is 1.66. The monoisotopic (exact) mass is 414 g/mol. The van der Waals surface area contributed by atoms with E-state index in [1.54, 1.807) is 27.3 Å². The maximum atomic E-state index is 12.8. The minimum absolute atomic E-state index is 0.302. The average Bonchev–Trinajstić information content (AvgIpc) is 3.06. The Kier molecular flexibility index (Phi) is 6.29. The quantitative estimate of drug-likeness (QED) is 0.629. The molecule has 0 saturated heterocycles. The number of hydrogen-bond acceptors (Lipinski definition) is 6. The van der Waals surface area contributed by atoms with E-state index in [2.05, 4.69) is 0 Å². The Balaban J connectivity index is 1.71. The number of benzene rings is 2. The molecular formula is C23H30N2O5. The standard InChI is InChI=1S/C23H30N2O5/c1-7-25(17-11-12-18(27-5)20(13-17)28-6)15-24(4)22(26)29-19-10-8-9-16-14-23(2,3)30-21(16)19/h8-13H,7,14-15H2,1-6H3. The van der Waals surface area contributed by atoms with Crippen LogP contribution < -0.4 is 23.8 Å². The SMILES string of the molecule is CCN(CN(C)C(=O)Oc1cccc2c1OC(C)(C)C2)c1ccc(OC)c(OC)c1. The van der Waals surface area contributed by atoms with Gasteiger partial charge in [-0.3, -0.25) is 4.90 Å². The van der Waals surface area contributed by atoms with Gasteiger partial charge in [-0.2, -0.15) is 0 Å². The van der Waals surface area contributed by atoms with E-state index >= 15 is 0 Å². The van der Waals surface area contributed by atoms with Gasteiger partial charge in [-0.15, -0.1) is 0 Å². The number of rotatable bonds is 7. The number of para-hydroxylation sites is 1. The highest BCUT2D eigenvalue weighted by Gasteiger charge is 2.33. The first-order chi connectivity index (χ1) is 14.3. The van der Waals surface area contributed by atoms with Crippen LogP contribution in [0.4, 0.5) is 10.5 Å². The highest BCUT2D eigenvalue weighted by molar-refractivity contribution is 5.72.